The van der Waals surface area contributed by atoms with E-state index in [0.29, 0.717) is 6.42 Å². The summed E-state index contributed by atoms with van der Waals surface area (Å²) in [6.07, 6.45) is 0.312. The van der Waals surface area contributed by atoms with Crippen molar-refractivity contribution in [2.24, 2.45) is 0 Å². The highest BCUT2D eigenvalue weighted by molar-refractivity contribution is 9.10. The van der Waals surface area contributed by atoms with Crippen LogP contribution in [0.2, 0.25) is 0 Å². The second-order valence-corrected chi connectivity index (χ2v) is 3.17. The second kappa shape index (κ2) is 4.95. The van der Waals surface area contributed by atoms with E-state index < -0.39 is 0 Å². The van der Waals surface area contributed by atoms with E-state index in [-0.39, 0.29) is 6.67 Å². The summed E-state index contributed by atoms with van der Waals surface area (Å²) in [5.74, 6) is 5.60. The fraction of sp³-hybridized carbons (Fsp3) is 0.200. The van der Waals surface area contributed by atoms with Gasteiger partial charge in [0, 0.05) is 16.5 Å². The van der Waals surface area contributed by atoms with Crippen LogP contribution in [0.15, 0.2) is 28.7 Å². The van der Waals surface area contributed by atoms with Gasteiger partial charge in [0.25, 0.3) is 0 Å². The van der Waals surface area contributed by atoms with Crippen LogP contribution in [0.25, 0.3) is 0 Å². The van der Waals surface area contributed by atoms with Gasteiger partial charge in [-0.05, 0) is 18.2 Å². The van der Waals surface area contributed by atoms with Crippen molar-refractivity contribution < 1.29 is 4.39 Å². The molecule has 0 N–H and O–H groups in total. The van der Waals surface area contributed by atoms with Gasteiger partial charge in [0.1, 0.15) is 6.67 Å². The van der Waals surface area contributed by atoms with Gasteiger partial charge in [-0.15, -0.1) is 0 Å². The topological polar surface area (TPSA) is 0 Å². The highest BCUT2D eigenvalue weighted by Crippen LogP contribution is 2.10. The zero-order valence-electron chi connectivity index (χ0n) is 6.48. The highest BCUT2D eigenvalue weighted by Gasteiger charge is 1.87. The van der Waals surface area contributed by atoms with E-state index in [1.807, 2.05) is 24.3 Å². The molecule has 1 rings (SSSR count). The fourth-order valence-electron chi connectivity index (χ4n) is 0.778. The molecular formula is C10H8BrF. The maximum absolute atomic E-state index is 11.7. The van der Waals surface area contributed by atoms with E-state index in [1.54, 1.807) is 0 Å². The Morgan fingerprint density at radius 3 is 2.92 bits per heavy atom. The molecule has 12 heavy (non-hydrogen) atoms. The van der Waals surface area contributed by atoms with Gasteiger partial charge in [0.05, 0.1) is 0 Å². The van der Waals surface area contributed by atoms with Crippen LogP contribution in [-0.2, 0) is 0 Å². The van der Waals surface area contributed by atoms with Crippen LogP contribution in [0.3, 0.4) is 0 Å². The summed E-state index contributed by atoms with van der Waals surface area (Å²) >= 11 is 3.33. The van der Waals surface area contributed by atoms with Gasteiger partial charge < -0.3 is 0 Å². The number of hydrogen-bond acceptors (Lipinski definition) is 0. The van der Waals surface area contributed by atoms with E-state index in [1.165, 1.54) is 0 Å². The molecule has 0 aliphatic carbocycles. The van der Waals surface area contributed by atoms with Crippen molar-refractivity contribution in [3.63, 3.8) is 0 Å². The van der Waals surface area contributed by atoms with E-state index >= 15 is 0 Å². The molecule has 0 spiro atoms. The van der Waals surface area contributed by atoms with Crippen molar-refractivity contribution in [1.29, 1.82) is 0 Å². The van der Waals surface area contributed by atoms with Gasteiger partial charge in [-0.25, -0.2) is 0 Å². The summed E-state index contributed by atoms with van der Waals surface area (Å²) in [6, 6.07) is 7.64. The van der Waals surface area contributed by atoms with Crippen LogP contribution < -0.4 is 0 Å². The first kappa shape index (κ1) is 9.28. The lowest BCUT2D eigenvalue weighted by Gasteiger charge is -1.90. The lowest BCUT2D eigenvalue weighted by atomic mass is 10.2. The van der Waals surface area contributed by atoms with Crippen molar-refractivity contribution in [2.45, 2.75) is 6.42 Å². The van der Waals surface area contributed by atoms with Gasteiger partial charge in [0.15, 0.2) is 0 Å². The molecule has 62 valence electrons. The van der Waals surface area contributed by atoms with Gasteiger partial charge in [-0.1, -0.05) is 33.8 Å². The maximum Gasteiger partial charge on any atom is 0.100 e. The number of benzene rings is 1. The average Bonchev–Trinajstić information content (AvgIpc) is 2.05. The molecular weight excluding hydrogens is 219 g/mol. The van der Waals surface area contributed by atoms with Crippen LogP contribution in [-0.4, -0.2) is 6.67 Å². The molecule has 0 heterocycles. The van der Waals surface area contributed by atoms with E-state index in [4.69, 9.17) is 0 Å². The zero-order chi connectivity index (χ0) is 8.81. The molecule has 2 heteroatoms. The SMILES string of the molecule is FCCC#Cc1cccc(Br)c1. The highest BCUT2D eigenvalue weighted by atomic mass is 79.9. The fourth-order valence-corrected chi connectivity index (χ4v) is 1.18. The minimum absolute atomic E-state index is 0.312. The number of hydrogen-bond donors (Lipinski definition) is 0. The standard InChI is InChI=1S/C10H8BrF/c11-10-6-3-5-9(8-10)4-1-2-7-12/h3,5-6,8H,2,7H2. The third-order valence-electron chi connectivity index (χ3n) is 1.28. The molecule has 1 aromatic carbocycles. The van der Waals surface area contributed by atoms with Gasteiger partial charge in [0.2, 0.25) is 0 Å². The predicted molar refractivity (Wildman–Crippen MR) is 51.6 cm³/mol. The second-order valence-electron chi connectivity index (χ2n) is 2.25. The lowest BCUT2D eigenvalue weighted by Crippen LogP contribution is -1.74. The van der Waals surface area contributed by atoms with E-state index in [9.17, 15) is 4.39 Å². The summed E-state index contributed by atoms with van der Waals surface area (Å²) in [6.45, 7) is -0.374. The smallest absolute Gasteiger partial charge is 0.100 e. The van der Waals surface area contributed by atoms with Crippen molar-refractivity contribution in [2.75, 3.05) is 6.67 Å². The molecule has 0 fully saturated rings. The van der Waals surface area contributed by atoms with Crippen molar-refractivity contribution >= 4 is 15.9 Å². The Morgan fingerprint density at radius 2 is 2.25 bits per heavy atom. The molecule has 0 saturated carbocycles. The summed E-state index contributed by atoms with van der Waals surface area (Å²) in [5, 5.41) is 0. The third-order valence-corrected chi connectivity index (χ3v) is 1.77. The molecule has 0 aliphatic rings. The molecule has 0 unspecified atom stereocenters. The first-order valence-corrected chi connectivity index (χ1v) is 4.42. The summed E-state index contributed by atoms with van der Waals surface area (Å²) in [7, 11) is 0. The molecule has 0 amide bonds. The van der Waals surface area contributed by atoms with Crippen molar-refractivity contribution in [3.05, 3.63) is 34.3 Å². The molecule has 1 aromatic rings. The molecule has 0 bridgehead atoms. The Kier molecular flexibility index (Phi) is 3.83. The van der Waals surface area contributed by atoms with Crippen molar-refractivity contribution in [3.8, 4) is 11.8 Å². The van der Waals surface area contributed by atoms with Gasteiger partial charge in [-0.3, -0.25) is 4.39 Å². The predicted octanol–water partition coefficient (Wildman–Crippen LogP) is 3.16. The average molecular weight is 227 g/mol. The number of rotatable bonds is 1. The third kappa shape index (κ3) is 3.06. The van der Waals surface area contributed by atoms with Crippen LogP contribution in [0, 0.1) is 11.8 Å². The van der Waals surface area contributed by atoms with Crippen LogP contribution in [0.5, 0.6) is 0 Å². The monoisotopic (exact) mass is 226 g/mol. The van der Waals surface area contributed by atoms with Crippen LogP contribution >= 0.6 is 15.9 Å². The molecule has 0 radical (unpaired) electrons. The summed E-state index contributed by atoms with van der Waals surface area (Å²) in [5.41, 5.74) is 0.915. The van der Waals surface area contributed by atoms with Crippen LogP contribution in [0.4, 0.5) is 4.39 Å². The molecule has 0 aromatic heterocycles. The number of alkyl halides is 1. The first-order valence-electron chi connectivity index (χ1n) is 3.63. The summed E-state index contributed by atoms with van der Waals surface area (Å²) < 4.78 is 12.7. The Balaban J connectivity index is 2.71. The molecule has 0 atom stereocenters. The van der Waals surface area contributed by atoms with Gasteiger partial charge in [-0.2, -0.15) is 0 Å². The van der Waals surface area contributed by atoms with E-state index in [0.717, 1.165) is 10.0 Å². The van der Waals surface area contributed by atoms with E-state index in [2.05, 4.69) is 27.8 Å². The largest absolute Gasteiger partial charge is 0.250 e. The quantitative estimate of drug-likeness (QED) is 0.646. The summed E-state index contributed by atoms with van der Waals surface area (Å²) in [4.78, 5) is 0. The Labute approximate surface area is 79.9 Å². The maximum atomic E-state index is 11.7. The first-order chi connectivity index (χ1) is 5.83. The zero-order valence-corrected chi connectivity index (χ0v) is 8.07. The Morgan fingerprint density at radius 1 is 1.42 bits per heavy atom. The number of halogens is 2. The van der Waals surface area contributed by atoms with Crippen LogP contribution in [0.1, 0.15) is 12.0 Å². The minimum Gasteiger partial charge on any atom is -0.250 e. The molecule has 0 saturated heterocycles. The normalized spacial score (nSPS) is 8.83. The molecule has 0 aliphatic heterocycles. The Bertz CT molecular complexity index is 309. The minimum atomic E-state index is -0.374. The van der Waals surface area contributed by atoms with Gasteiger partial charge >= 0.3 is 0 Å². The van der Waals surface area contributed by atoms with Crippen molar-refractivity contribution in [1.82, 2.24) is 0 Å². The lowest BCUT2D eigenvalue weighted by molar-refractivity contribution is 0.505. The molecule has 0 nitrogen and oxygen atoms in total. The Hall–Kier alpha value is -0.810.